The summed E-state index contributed by atoms with van der Waals surface area (Å²) in [7, 11) is 0. The van der Waals surface area contributed by atoms with Gasteiger partial charge in [-0.25, -0.2) is 5.84 Å². The molecule has 0 fully saturated rings. The minimum absolute atomic E-state index is 0.103. The highest BCUT2D eigenvalue weighted by Gasteiger charge is 2.30. The van der Waals surface area contributed by atoms with Crippen LogP contribution in [0.5, 0.6) is 0 Å². The first-order valence-corrected chi connectivity index (χ1v) is 6.83. The lowest BCUT2D eigenvalue weighted by atomic mass is 9.91. The van der Waals surface area contributed by atoms with Gasteiger partial charge >= 0.3 is 0 Å². The van der Waals surface area contributed by atoms with Crippen LogP contribution in [0.15, 0.2) is 24.3 Å². The van der Waals surface area contributed by atoms with E-state index in [4.69, 9.17) is 5.84 Å². The fraction of sp³-hybridized carbons (Fsp3) is 0.533. The van der Waals surface area contributed by atoms with Crippen LogP contribution in [0, 0.1) is 5.41 Å². The molecule has 1 heterocycles. The largest absolute Gasteiger partial charge is 0.302 e. The zero-order chi connectivity index (χ0) is 13.9. The average molecular weight is 261 g/mol. The molecule has 0 saturated heterocycles. The highest BCUT2D eigenvalue weighted by Crippen LogP contribution is 2.21. The van der Waals surface area contributed by atoms with Crippen molar-refractivity contribution in [1.29, 1.82) is 0 Å². The summed E-state index contributed by atoms with van der Waals surface area (Å²) in [6.07, 6.45) is 2.10. The molecule has 19 heavy (non-hydrogen) atoms. The molecule has 104 valence electrons. The summed E-state index contributed by atoms with van der Waals surface area (Å²) in [5.41, 5.74) is 4.68. The molecule has 0 radical (unpaired) electrons. The number of carbonyl (C=O) groups excluding carboxylic acids is 1. The molecule has 1 aromatic rings. The molecule has 0 unspecified atom stereocenters. The van der Waals surface area contributed by atoms with Crippen molar-refractivity contribution < 1.29 is 4.79 Å². The smallest absolute Gasteiger partial charge is 0.240 e. The van der Waals surface area contributed by atoms with Crippen molar-refractivity contribution in [1.82, 2.24) is 10.3 Å². The van der Waals surface area contributed by atoms with Gasteiger partial charge in [0.2, 0.25) is 5.91 Å². The SMILES string of the molecule is CC(C)(CN1CCc2ccccc2CC1)C(=O)NN. The van der Waals surface area contributed by atoms with Crippen LogP contribution >= 0.6 is 0 Å². The lowest BCUT2D eigenvalue weighted by Gasteiger charge is -2.30. The monoisotopic (exact) mass is 261 g/mol. The summed E-state index contributed by atoms with van der Waals surface area (Å²) in [4.78, 5) is 14.1. The van der Waals surface area contributed by atoms with Crippen LogP contribution in [0.2, 0.25) is 0 Å². The molecule has 1 amide bonds. The number of rotatable bonds is 3. The Balaban J connectivity index is 2.01. The van der Waals surface area contributed by atoms with Gasteiger partial charge in [-0.2, -0.15) is 0 Å². The molecule has 1 aliphatic heterocycles. The Bertz CT molecular complexity index is 429. The lowest BCUT2D eigenvalue weighted by Crippen LogP contribution is -2.47. The molecule has 4 nitrogen and oxygen atoms in total. The Kier molecular flexibility index (Phi) is 4.22. The van der Waals surface area contributed by atoms with Gasteiger partial charge in [0, 0.05) is 19.6 Å². The van der Waals surface area contributed by atoms with Crippen LogP contribution in [0.3, 0.4) is 0 Å². The number of amides is 1. The van der Waals surface area contributed by atoms with E-state index in [1.54, 1.807) is 0 Å². The third kappa shape index (κ3) is 3.33. The third-order valence-electron chi connectivity index (χ3n) is 3.88. The molecule has 4 heteroatoms. The number of nitrogens with two attached hydrogens (primary N) is 1. The maximum atomic E-state index is 11.7. The topological polar surface area (TPSA) is 58.4 Å². The fourth-order valence-corrected chi connectivity index (χ4v) is 2.70. The van der Waals surface area contributed by atoms with Crippen LogP contribution in [0.4, 0.5) is 0 Å². The minimum atomic E-state index is -0.453. The summed E-state index contributed by atoms with van der Waals surface area (Å²) < 4.78 is 0. The Morgan fingerprint density at radius 1 is 1.26 bits per heavy atom. The van der Waals surface area contributed by atoms with Crippen LogP contribution < -0.4 is 11.3 Å². The van der Waals surface area contributed by atoms with Crippen molar-refractivity contribution in [3.05, 3.63) is 35.4 Å². The van der Waals surface area contributed by atoms with E-state index in [1.165, 1.54) is 11.1 Å². The zero-order valence-electron chi connectivity index (χ0n) is 11.8. The molecule has 0 aliphatic carbocycles. The first kappa shape index (κ1) is 14.0. The maximum absolute atomic E-state index is 11.7. The Morgan fingerprint density at radius 3 is 2.26 bits per heavy atom. The molecule has 3 N–H and O–H groups in total. The van der Waals surface area contributed by atoms with Gasteiger partial charge in [-0.15, -0.1) is 0 Å². The summed E-state index contributed by atoms with van der Waals surface area (Å²) >= 11 is 0. The van der Waals surface area contributed by atoms with Crippen LogP contribution in [-0.2, 0) is 17.6 Å². The van der Waals surface area contributed by atoms with E-state index in [9.17, 15) is 4.79 Å². The minimum Gasteiger partial charge on any atom is -0.302 e. The summed E-state index contributed by atoms with van der Waals surface area (Å²) in [5.74, 6) is 5.14. The number of carbonyl (C=O) groups is 1. The second-order valence-corrected chi connectivity index (χ2v) is 5.90. The summed E-state index contributed by atoms with van der Waals surface area (Å²) in [6, 6.07) is 8.60. The van der Waals surface area contributed by atoms with Gasteiger partial charge in [-0.05, 0) is 37.8 Å². The van der Waals surface area contributed by atoms with E-state index < -0.39 is 5.41 Å². The highest BCUT2D eigenvalue weighted by atomic mass is 16.2. The molecule has 0 spiro atoms. The van der Waals surface area contributed by atoms with Crippen molar-refractivity contribution in [3.63, 3.8) is 0 Å². The van der Waals surface area contributed by atoms with Crippen molar-refractivity contribution in [2.24, 2.45) is 11.3 Å². The molecule has 0 bridgehead atoms. The Labute approximate surface area is 114 Å². The number of nitrogens with one attached hydrogen (secondary N) is 1. The van der Waals surface area contributed by atoms with Crippen LogP contribution in [-0.4, -0.2) is 30.4 Å². The Morgan fingerprint density at radius 2 is 1.79 bits per heavy atom. The number of fused-ring (bicyclic) bond motifs is 1. The number of hydrogen-bond acceptors (Lipinski definition) is 3. The molecule has 2 rings (SSSR count). The van der Waals surface area contributed by atoms with Crippen molar-refractivity contribution in [3.8, 4) is 0 Å². The van der Waals surface area contributed by atoms with Gasteiger partial charge in [0.05, 0.1) is 5.41 Å². The van der Waals surface area contributed by atoms with Gasteiger partial charge in [0.25, 0.3) is 0 Å². The Hall–Kier alpha value is -1.39. The van der Waals surface area contributed by atoms with Crippen LogP contribution in [0.1, 0.15) is 25.0 Å². The van der Waals surface area contributed by atoms with Crippen molar-refractivity contribution >= 4 is 5.91 Å². The average Bonchev–Trinajstić information content (AvgIpc) is 2.60. The predicted molar refractivity (Wildman–Crippen MR) is 76.4 cm³/mol. The normalized spacial score (nSPS) is 16.6. The first-order chi connectivity index (χ1) is 9.03. The van der Waals surface area contributed by atoms with E-state index in [0.717, 1.165) is 32.5 Å². The summed E-state index contributed by atoms with van der Waals surface area (Å²) in [6.45, 7) is 6.61. The van der Waals surface area contributed by atoms with Gasteiger partial charge in [-0.1, -0.05) is 24.3 Å². The molecule has 0 aromatic heterocycles. The fourth-order valence-electron chi connectivity index (χ4n) is 2.70. The quantitative estimate of drug-likeness (QED) is 0.487. The van der Waals surface area contributed by atoms with Gasteiger partial charge < -0.3 is 4.90 Å². The van der Waals surface area contributed by atoms with E-state index in [-0.39, 0.29) is 5.91 Å². The molecule has 0 saturated carbocycles. The number of hydrazine groups is 1. The predicted octanol–water partition coefficient (Wildman–Crippen LogP) is 1.10. The highest BCUT2D eigenvalue weighted by molar-refractivity contribution is 5.81. The van der Waals surface area contributed by atoms with E-state index in [2.05, 4.69) is 34.6 Å². The number of hydrogen-bond donors (Lipinski definition) is 2. The van der Waals surface area contributed by atoms with Crippen molar-refractivity contribution in [2.75, 3.05) is 19.6 Å². The zero-order valence-corrected chi connectivity index (χ0v) is 11.8. The van der Waals surface area contributed by atoms with Gasteiger partial charge in [-0.3, -0.25) is 10.2 Å². The summed E-state index contributed by atoms with van der Waals surface area (Å²) in [5, 5.41) is 0. The third-order valence-corrected chi connectivity index (χ3v) is 3.88. The standard InChI is InChI=1S/C15H23N3O/c1-15(2,14(19)17-16)11-18-9-7-12-5-3-4-6-13(12)8-10-18/h3-6H,7-11,16H2,1-2H3,(H,17,19). The van der Waals surface area contributed by atoms with E-state index in [0.29, 0.717) is 0 Å². The van der Waals surface area contributed by atoms with Crippen LogP contribution in [0.25, 0.3) is 0 Å². The maximum Gasteiger partial charge on any atom is 0.240 e. The molecule has 1 aromatic carbocycles. The lowest BCUT2D eigenvalue weighted by molar-refractivity contribution is -0.130. The molecular formula is C15H23N3O. The number of benzene rings is 1. The number of nitrogens with zero attached hydrogens (tertiary/aromatic N) is 1. The molecule has 0 atom stereocenters. The van der Waals surface area contributed by atoms with E-state index >= 15 is 0 Å². The molecule has 1 aliphatic rings. The second-order valence-electron chi connectivity index (χ2n) is 5.90. The first-order valence-electron chi connectivity index (χ1n) is 6.83. The van der Waals surface area contributed by atoms with E-state index in [1.807, 2.05) is 13.8 Å². The molecular weight excluding hydrogens is 238 g/mol. The second kappa shape index (κ2) is 5.72. The van der Waals surface area contributed by atoms with Gasteiger partial charge in [0.1, 0.15) is 0 Å². The van der Waals surface area contributed by atoms with Crippen molar-refractivity contribution in [2.45, 2.75) is 26.7 Å². The van der Waals surface area contributed by atoms with Gasteiger partial charge in [0.15, 0.2) is 0 Å².